The van der Waals surface area contributed by atoms with Gasteiger partial charge in [-0.05, 0) is 62.4 Å². The molecule has 2 aromatic carbocycles. The molecule has 7 heteroatoms. The van der Waals surface area contributed by atoms with E-state index in [0.29, 0.717) is 25.4 Å². The minimum absolute atomic E-state index is 0.130. The average molecular weight is 472 g/mol. The van der Waals surface area contributed by atoms with Gasteiger partial charge in [-0.25, -0.2) is 9.78 Å². The molecular formula is C28H33N5O2. The molecule has 1 aromatic heterocycles. The van der Waals surface area contributed by atoms with E-state index >= 15 is 0 Å². The van der Waals surface area contributed by atoms with Crippen molar-refractivity contribution in [3.05, 3.63) is 70.9 Å². The van der Waals surface area contributed by atoms with Crippen molar-refractivity contribution >= 4 is 17.7 Å². The Kier molecular flexibility index (Phi) is 6.57. The Bertz CT molecular complexity index is 1200. The smallest absolute Gasteiger partial charge is 0.322 e. The number of benzene rings is 2. The van der Waals surface area contributed by atoms with Crippen LogP contribution in [0.15, 0.2) is 48.5 Å². The monoisotopic (exact) mass is 471 g/mol. The topological polar surface area (TPSA) is 70.6 Å². The summed E-state index contributed by atoms with van der Waals surface area (Å²) >= 11 is 0. The van der Waals surface area contributed by atoms with Crippen LogP contribution < -0.4 is 15.0 Å². The molecule has 182 valence electrons. The lowest BCUT2D eigenvalue weighted by molar-refractivity contribution is 0.205. The van der Waals surface area contributed by atoms with Crippen molar-refractivity contribution in [3.63, 3.8) is 0 Å². The summed E-state index contributed by atoms with van der Waals surface area (Å²) < 4.78 is 6.33. The SMILES string of the molecule is Cc1ccc(NC(=O)N2CCc3nc(N4CCC(C)CC4)nc(Oc4cccc(C)c4)c3C2)cc1. The Balaban J connectivity index is 1.42. The fraction of sp³-hybridized carbons (Fsp3) is 0.393. The highest BCUT2D eigenvalue weighted by Crippen LogP contribution is 2.33. The van der Waals surface area contributed by atoms with Crippen LogP contribution in [0.4, 0.5) is 16.4 Å². The average Bonchev–Trinajstić information content (AvgIpc) is 2.85. The summed E-state index contributed by atoms with van der Waals surface area (Å²) in [6.45, 7) is 9.28. The van der Waals surface area contributed by atoms with Gasteiger partial charge in [0, 0.05) is 31.7 Å². The summed E-state index contributed by atoms with van der Waals surface area (Å²) in [4.78, 5) is 26.9. The number of urea groups is 1. The zero-order chi connectivity index (χ0) is 24.4. The van der Waals surface area contributed by atoms with E-state index < -0.39 is 0 Å². The summed E-state index contributed by atoms with van der Waals surface area (Å²) in [7, 11) is 0. The molecule has 35 heavy (non-hydrogen) atoms. The Morgan fingerprint density at radius 2 is 1.77 bits per heavy atom. The zero-order valence-electron chi connectivity index (χ0n) is 20.8. The second kappa shape index (κ2) is 9.94. The summed E-state index contributed by atoms with van der Waals surface area (Å²) in [5, 5.41) is 3.01. The normalized spacial score (nSPS) is 16.1. The van der Waals surface area contributed by atoms with Crippen molar-refractivity contribution in [2.24, 2.45) is 5.92 Å². The first kappa shape index (κ1) is 23.1. The van der Waals surface area contributed by atoms with Crippen molar-refractivity contribution < 1.29 is 9.53 Å². The number of carbonyl (C=O) groups is 1. The lowest BCUT2D eigenvalue weighted by Gasteiger charge is -2.33. The predicted octanol–water partition coefficient (Wildman–Crippen LogP) is 5.71. The van der Waals surface area contributed by atoms with Crippen LogP contribution in [0.2, 0.25) is 0 Å². The van der Waals surface area contributed by atoms with Crippen LogP contribution in [0.3, 0.4) is 0 Å². The van der Waals surface area contributed by atoms with Gasteiger partial charge >= 0.3 is 6.03 Å². The first-order valence-corrected chi connectivity index (χ1v) is 12.5. The minimum Gasteiger partial charge on any atom is -0.438 e. The van der Waals surface area contributed by atoms with Crippen molar-refractivity contribution in [1.29, 1.82) is 0 Å². The second-order valence-electron chi connectivity index (χ2n) is 9.81. The fourth-order valence-corrected chi connectivity index (χ4v) is 4.61. The van der Waals surface area contributed by atoms with Crippen LogP contribution in [-0.4, -0.2) is 40.5 Å². The molecule has 1 fully saturated rings. The molecule has 5 rings (SSSR count). The van der Waals surface area contributed by atoms with Crippen molar-refractivity contribution in [2.45, 2.75) is 46.6 Å². The minimum atomic E-state index is -0.130. The highest BCUT2D eigenvalue weighted by atomic mass is 16.5. The Morgan fingerprint density at radius 3 is 2.51 bits per heavy atom. The number of nitrogens with one attached hydrogen (secondary N) is 1. The molecule has 7 nitrogen and oxygen atoms in total. The van der Waals surface area contributed by atoms with Crippen molar-refractivity contribution in [2.75, 3.05) is 29.9 Å². The Labute approximate surface area is 207 Å². The molecule has 0 aliphatic carbocycles. The summed E-state index contributed by atoms with van der Waals surface area (Å²) in [5.74, 6) is 2.75. The van der Waals surface area contributed by atoms with Gasteiger partial charge in [0.25, 0.3) is 0 Å². The maximum atomic E-state index is 13.0. The Morgan fingerprint density at radius 1 is 1.00 bits per heavy atom. The number of anilines is 2. The van der Waals surface area contributed by atoms with Crippen LogP contribution in [0.1, 0.15) is 42.1 Å². The molecule has 0 bridgehead atoms. The van der Waals surface area contributed by atoms with Gasteiger partial charge in [-0.2, -0.15) is 4.98 Å². The number of ether oxygens (including phenoxy) is 1. The molecule has 0 spiro atoms. The molecule has 0 unspecified atom stereocenters. The maximum absolute atomic E-state index is 13.0. The fourth-order valence-electron chi connectivity index (χ4n) is 4.61. The van der Waals surface area contributed by atoms with Crippen LogP contribution in [0.5, 0.6) is 11.6 Å². The van der Waals surface area contributed by atoms with E-state index in [4.69, 9.17) is 14.7 Å². The third kappa shape index (κ3) is 5.39. The first-order chi connectivity index (χ1) is 16.9. The number of rotatable bonds is 4. The molecular weight excluding hydrogens is 438 g/mol. The molecule has 3 aromatic rings. The van der Waals surface area contributed by atoms with Crippen LogP contribution in [-0.2, 0) is 13.0 Å². The summed E-state index contributed by atoms with van der Waals surface area (Å²) in [5.41, 5.74) is 4.91. The number of aryl methyl sites for hydroxylation is 2. The van der Waals surface area contributed by atoms with Gasteiger partial charge in [-0.3, -0.25) is 0 Å². The molecule has 2 aliphatic heterocycles. The number of carbonyl (C=O) groups excluding carboxylic acids is 1. The van der Waals surface area contributed by atoms with E-state index in [9.17, 15) is 4.79 Å². The third-order valence-electron chi connectivity index (χ3n) is 6.87. The highest BCUT2D eigenvalue weighted by molar-refractivity contribution is 5.89. The molecule has 2 amide bonds. The number of hydrogen-bond acceptors (Lipinski definition) is 5. The number of hydrogen-bond donors (Lipinski definition) is 1. The van der Waals surface area contributed by atoms with E-state index in [1.807, 2.05) is 62.4 Å². The number of piperidine rings is 1. The van der Waals surface area contributed by atoms with Gasteiger partial charge < -0.3 is 19.9 Å². The second-order valence-corrected chi connectivity index (χ2v) is 9.81. The standard InChI is InChI=1S/C28H33N5O2/c1-19-7-9-22(10-8-19)29-28(34)33-16-13-25-24(18-33)26(35-23-6-4-5-21(3)17-23)31-27(30-25)32-14-11-20(2)12-15-32/h4-10,17,20H,11-16,18H2,1-3H3,(H,29,34). The van der Waals surface area contributed by atoms with Gasteiger partial charge in [-0.1, -0.05) is 36.8 Å². The van der Waals surface area contributed by atoms with E-state index in [1.165, 1.54) is 0 Å². The molecule has 0 saturated carbocycles. The maximum Gasteiger partial charge on any atom is 0.322 e. The lowest BCUT2D eigenvalue weighted by Crippen LogP contribution is -2.40. The molecule has 3 heterocycles. The number of aromatic nitrogens is 2. The number of nitrogens with zero attached hydrogens (tertiary/aromatic N) is 4. The third-order valence-corrected chi connectivity index (χ3v) is 6.87. The largest absolute Gasteiger partial charge is 0.438 e. The summed E-state index contributed by atoms with van der Waals surface area (Å²) in [6.07, 6.45) is 2.95. The molecule has 1 N–H and O–H groups in total. The van der Waals surface area contributed by atoms with Gasteiger partial charge in [0.15, 0.2) is 0 Å². The van der Waals surface area contributed by atoms with E-state index in [0.717, 1.165) is 71.6 Å². The van der Waals surface area contributed by atoms with Gasteiger partial charge in [0.1, 0.15) is 5.75 Å². The van der Waals surface area contributed by atoms with Crippen molar-refractivity contribution in [3.8, 4) is 11.6 Å². The van der Waals surface area contributed by atoms with Crippen LogP contribution in [0, 0.1) is 19.8 Å². The van der Waals surface area contributed by atoms with Crippen LogP contribution in [0.25, 0.3) is 0 Å². The first-order valence-electron chi connectivity index (χ1n) is 12.5. The highest BCUT2D eigenvalue weighted by Gasteiger charge is 2.28. The number of amides is 2. The number of fused-ring (bicyclic) bond motifs is 1. The van der Waals surface area contributed by atoms with Crippen molar-refractivity contribution in [1.82, 2.24) is 14.9 Å². The van der Waals surface area contributed by atoms with E-state index in [-0.39, 0.29) is 6.03 Å². The predicted molar refractivity (Wildman–Crippen MR) is 138 cm³/mol. The zero-order valence-corrected chi connectivity index (χ0v) is 20.8. The van der Waals surface area contributed by atoms with Gasteiger partial charge in [-0.15, -0.1) is 0 Å². The van der Waals surface area contributed by atoms with Gasteiger partial charge in [0.05, 0.1) is 17.8 Å². The lowest BCUT2D eigenvalue weighted by atomic mass is 9.99. The molecule has 1 saturated heterocycles. The molecule has 0 radical (unpaired) electrons. The summed E-state index contributed by atoms with van der Waals surface area (Å²) in [6, 6.07) is 15.7. The quantitative estimate of drug-likeness (QED) is 0.528. The van der Waals surface area contributed by atoms with E-state index in [2.05, 4.69) is 17.1 Å². The van der Waals surface area contributed by atoms with Crippen LogP contribution >= 0.6 is 0 Å². The Hall–Kier alpha value is -3.61. The van der Waals surface area contributed by atoms with Gasteiger partial charge in [0.2, 0.25) is 11.8 Å². The molecule has 0 atom stereocenters. The molecule has 2 aliphatic rings. The van der Waals surface area contributed by atoms with E-state index in [1.54, 1.807) is 4.90 Å².